The molecule has 2 atom stereocenters. The molecule has 0 aliphatic carbocycles. The molecule has 118 valence electrons. The van der Waals surface area contributed by atoms with Gasteiger partial charge in [-0.3, -0.25) is 4.79 Å². The first kappa shape index (κ1) is 18.0. The van der Waals surface area contributed by atoms with Crippen molar-refractivity contribution in [2.24, 2.45) is 5.73 Å². The second kappa shape index (κ2) is 7.78. The monoisotopic (exact) mass is 312 g/mol. The minimum atomic E-state index is 0. The molecule has 1 amide bonds. The Morgan fingerprint density at radius 1 is 1.43 bits per heavy atom. The van der Waals surface area contributed by atoms with Gasteiger partial charge in [0.05, 0.1) is 6.10 Å². The fraction of sp³-hybridized carbons (Fsp3) is 0.562. The van der Waals surface area contributed by atoms with E-state index in [0.29, 0.717) is 13.1 Å². The Kier molecular flexibility index (Phi) is 6.65. The van der Waals surface area contributed by atoms with Crippen LogP contribution in [0, 0.1) is 13.8 Å². The second-order valence-electron chi connectivity index (χ2n) is 5.52. The number of ether oxygens (including phenoxy) is 1. The Labute approximate surface area is 133 Å². The van der Waals surface area contributed by atoms with Crippen molar-refractivity contribution in [3.63, 3.8) is 0 Å². The van der Waals surface area contributed by atoms with Crippen molar-refractivity contribution in [1.29, 1.82) is 0 Å². The van der Waals surface area contributed by atoms with Crippen molar-refractivity contribution >= 4 is 18.3 Å². The van der Waals surface area contributed by atoms with Crippen LogP contribution in [0.2, 0.25) is 0 Å². The molecule has 1 aromatic rings. The number of amides is 1. The molecule has 0 bridgehead atoms. The molecule has 0 radical (unpaired) electrons. The lowest BCUT2D eigenvalue weighted by Crippen LogP contribution is -2.51. The summed E-state index contributed by atoms with van der Waals surface area (Å²) in [6.07, 6.45) is 1.92. The summed E-state index contributed by atoms with van der Waals surface area (Å²) in [7, 11) is 1.72. The van der Waals surface area contributed by atoms with E-state index in [0.717, 1.165) is 29.5 Å². The summed E-state index contributed by atoms with van der Waals surface area (Å²) in [5.74, 6) is 0.0937. The van der Waals surface area contributed by atoms with Crippen LogP contribution in [-0.4, -0.2) is 43.2 Å². The summed E-state index contributed by atoms with van der Waals surface area (Å²) in [5, 5.41) is 0. The third kappa shape index (κ3) is 3.76. The number of aryl methyl sites for hydroxylation is 1. The van der Waals surface area contributed by atoms with Crippen LogP contribution in [0.15, 0.2) is 18.2 Å². The molecular formula is C16H25ClN2O2. The van der Waals surface area contributed by atoms with Crippen LogP contribution in [0.25, 0.3) is 0 Å². The lowest BCUT2D eigenvalue weighted by molar-refractivity contribution is 0.0138. The highest BCUT2D eigenvalue weighted by atomic mass is 35.5. The predicted octanol–water partition coefficient (Wildman–Crippen LogP) is 2.30. The topological polar surface area (TPSA) is 55.6 Å². The SMILES string of the molecule is COC1CCN(C(=O)c2cccc(C)c2C)C(CN)C1.Cl. The van der Waals surface area contributed by atoms with Crippen LogP contribution >= 0.6 is 12.4 Å². The van der Waals surface area contributed by atoms with E-state index < -0.39 is 0 Å². The lowest BCUT2D eigenvalue weighted by Gasteiger charge is -2.38. The Balaban J connectivity index is 0.00000220. The van der Waals surface area contributed by atoms with Gasteiger partial charge in [-0.15, -0.1) is 12.4 Å². The number of nitrogens with zero attached hydrogens (tertiary/aromatic N) is 1. The molecule has 2 unspecified atom stereocenters. The first-order valence-electron chi connectivity index (χ1n) is 7.18. The molecule has 1 saturated heterocycles. The summed E-state index contributed by atoms with van der Waals surface area (Å²) in [5.41, 5.74) is 8.84. The van der Waals surface area contributed by atoms with Gasteiger partial charge in [-0.05, 0) is 43.9 Å². The highest BCUT2D eigenvalue weighted by molar-refractivity contribution is 5.96. The quantitative estimate of drug-likeness (QED) is 0.932. The Morgan fingerprint density at radius 3 is 2.76 bits per heavy atom. The highest BCUT2D eigenvalue weighted by Gasteiger charge is 2.31. The van der Waals surface area contributed by atoms with Gasteiger partial charge in [0.2, 0.25) is 0 Å². The maximum atomic E-state index is 12.8. The molecule has 1 heterocycles. The van der Waals surface area contributed by atoms with E-state index in [-0.39, 0.29) is 30.5 Å². The molecule has 0 aromatic heterocycles. The van der Waals surface area contributed by atoms with Crippen molar-refractivity contribution in [2.75, 3.05) is 20.2 Å². The van der Waals surface area contributed by atoms with Crippen LogP contribution in [0.3, 0.4) is 0 Å². The molecule has 1 aliphatic rings. The normalized spacial score (nSPS) is 21.8. The van der Waals surface area contributed by atoms with Gasteiger partial charge in [0.15, 0.2) is 0 Å². The van der Waals surface area contributed by atoms with E-state index in [1.54, 1.807) is 7.11 Å². The number of nitrogens with two attached hydrogens (primary N) is 1. The first-order valence-corrected chi connectivity index (χ1v) is 7.18. The number of piperidine rings is 1. The number of halogens is 1. The maximum Gasteiger partial charge on any atom is 0.254 e. The van der Waals surface area contributed by atoms with E-state index in [4.69, 9.17) is 10.5 Å². The number of hydrogen-bond donors (Lipinski definition) is 1. The lowest BCUT2D eigenvalue weighted by atomic mass is 9.96. The van der Waals surface area contributed by atoms with E-state index in [2.05, 4.69) is 0 Å². The molecule has 1 fully saturated rings. The van der Waals surface area contributed by atoms with Crippen LogP contribution < -0.4 is 5.73 Å². The molecule has 2 N–H and O–H groups in total. The number of benzene rings is 1. The van der Waals surface area contributed by atoms with Crippen molar-refractivity contribution in [3.05, 3.63) is 34.9 Å². The van der Waals surface area contributed by atoms with Gasteiger partial charge in [0.1, 0.15) is 0 Å². The summed E-state index contributed by atoms with van der Waals surface area (Å²) >= 11 is 0. The Bertz CT molecular complexity index is 493. The van der Waals surface area contributed by atoms with Crippen LogP contribution in [-0.2, 0) is 4.74 Å². The molecule has 5 heteroatoms. The standard InChI is InChI=1S/C16H24N2O2.ClH/c1-11-5-4-6-15(12(11)2)16(19)18-8-7-14(20-3)9-13(18)10-17;/h4-6,13-14H,7-10,17H2,1-3H3;1H. The zero-order chi connectivity index (χ0) is 14.7. The van der Waals surface area contributed by atoms with Crippen molar-refractivity contribution in [1.82, 2.24) is 4.90 Å². The summed E-state index contributed by atoms with van der Waals surface area (Å²) in [6, 6.07) is 5.94. The third-order valence-electron chi connectivity index (χ3n) is 4.37. The third-order valence-corrected chi connectivity index (χ3v) is 4.37. The number of methoxy groups -OCH3 is 1. The van der Waals surface area contributed by atoms with Gasteiger partial charge >= 0.3 is 0 Å². The fourth-order valence-corrected chi connectivity index (χ4v) is 2.86. The summed E-state index contributed by atoms with van der Waals surface area (Å²) in [6.45, 7) is 5.23. The van der Waals surface area contributed by atoms with Gasteiger partial charge in [-0.25, -0.2) is 0 Å². The number of hydrogen-bond acceptors (Lipinski definition) is 3. The van der Waals surface area contributed by atoms with Crippen molar-refractivity contribution < 1.29 is 9.53 Å². The fourth-order valence-electron chi connectivity index (χ4n) is 2.86. The van der Waals surface area contributed by atoms with Crippen molar-refractivity contribution in [2.45, 2.75) is 38.8 Å². The molecular weight excluding hydrogens is 288 g/mol. The maximum absolute atomic E-state index is 12.8. The number of rotatable bonds is 3. The zero-order valence-corrected chi connectivity index (χ0v) is 13.8. The molecule has 21 heavy (non-hydrogen) atoms. The van der Waals surface area contributed by atoms with Crippen molar-refractivity contribution in [3.8, 4) is 0 Å². The largest absolute Gasteiger partial charge is 0.381 e. The molecule has 2 rings (SSSR count). The molecule has 1 aromatic carbocycles. The Morgan fingerprint density at radius 2 is 2.14 bits per heavy atom. The zero-order valence-electron chi connectivity index (χ0n) is 13.0. The first-order chi connectivity index (χ1) is 9.58. The van der Waals surface area contributed by atoms with Crippen LogP contribution in [0.5, 0.6) is 0 Å². The number of likely N-dealkylation sites (tertiary alicyclic amines) is 1. The van der Waals surface area contributed by atoms with E-state index >= 15 is 0 Å². The minimum absolute atomic E-state index is 0. The molecule has 4 nitrogen and oxygen atoms in total. The number of carbonyl (C=O) groups excluding carboxylic acids is 1. The Hall–Kier alpha value is -1.10. The van der Waals surface area contributed by atoms with E-state index in [1.807, 2.05) is 36.9 Å². The van der Waals surface area contributed by atoms with Gasteiger partial charge in [0, 0.05) is 31.8 Å². The minimum Gasteiger partial charge on any atom is -0.381 e. The molecule has 0 spiro atoms. The van der Waals surface area contributed by atoms with Gasteiger partial charge in [-0.2, -0.15) is 0 Å². The van der Waals surface area contributed by atoms with Crippen LogP contribution in [0.1, 0.15) is 34.3 Å². The molecule has 1 aliphatic heterocycles. The average molecular weight is 313 g/mol. The van der Waals surface area contributed by atoms with Gasteiger partial charge < -0.3 is 15.4 Å². The van der Waals surface area contributed by atoms with E-state index in [1.165, 1.54) is 0 Å². The smallest absolute Gasteiger partial charge is 0.254 e. The number of carbonyl (C=O) groups is 1. The predicted molar refractivity (Wildman–Crippen MR) is 87.1 cm³/mol. The van der Waals surface area contributed by atoms with Gasteiger partial charge in [-0.1, -0.05) is 12.1 Å². The van der Waals surface area contributed by atoms with E-state index in [9.17, 15) is 4.79 Å². The summed E-state index contributed by atoms with van der Waals surface area (Å²) in [4.78, 5) is 14.7. The molecule has 0 saturated carbocycles. The average Bonchev–Trinajstić information content (AvgIpc) is 2.48. The summed E-state index contributed by atoms with van der Waals surface area (Å²) < 4.78 is 5.41. The highest BCUT2D eigenvalue weighted by Crippen LogP contribution is 2.23. The van der Waals surface area contributed by atoms with Gasteiger partial charge in [0.25, 0.3) is 5.91 Å². The second-order valence-corrected chi connectivity index (χ2v) is 5.52. The van der Waals surface area contributed by atoms with Crippen LogP contribution in [0.4, 0.5) is 0 Å².